The van der Waals surface area contributed by atoms with Gasteiger partial charge in [0.25, 0.3) is 5.91 Å². The normalized spacial score (nSPS) is 10.4. The standard InChI is InChI=1S/C14H17ClN4O2/c1-2-21-13-4-3-10(15)7-11(13)18-14(20)12-8-19(6-5-16)9-17-12/h3-4,7-9H,2,5-6,16H2,1H3,(H,18,20). The lowest BCUT2D eigenvalue weighted by Crippen LogP contribution is -2.14. The molecule has 1 heterocycles. The van der Waals surface area contributed by atoms with E-state index in [-0.39, 0.29) is 5.91 Å². The molecule has 0 saturated heterocycles. The highest BCUT2D eigenvalue weighted by Gasteiger charge is 2.13. The largest absolute Gasteiger partial charge is 0.492 e. The average molecular weight is 309 g/mol. The zero-order valence-electron chi connectivity index (χ0n) is 11.7. The van der Waals surface area contributed by atoms with E-state index in [0.717, 1.165) is 0 Å². The van der Waals surface area contributed by atoms with Crippen LogP contribution in [0.25, 0.3) is 0 Å². The summed E-state index contributed by atoms with van der Waals surface area (Å²) in [6.45, 7) is 3.46. The van der Waals surface area contributed by atoms with Crippen LogP contribution in [-0.4, -0.2) is 28.6 Å². The Hall–Kier alpha value is -2.05. The highest BCUT2D eigenvalue weighted by molar-refractivity contribution is 6.31. The van der Waals surface area contributed by atoms with E-state index >= 15 is 0 Å². The maximum atomic E-state index is 12.2. The summed E-state index contributed by atoms with van der Waals surface area (Å²) in [5.74, 6) is 0.241. The number of rotatable bonds is 6. The van der Waals surface area contributed by atoms with E-state index < -0.39 is 0 Å². The maximum Gasteiger partial charge on any atom is 0.275 e. The van der Waals surface area contributed by atoms with Crippen LogP contribution in [0.1, 0.15) is 17.4 Å². The number of hydrogen-bond acceptors (Lipinski definition) is 4. The van der Waals surface area contributed by atoms with Gasteiger partial charge in [0.2, 0.25) is 0 Å². The Kier molecular flexibility index (Phi) is 5.19. The van der Waals surface area contributed by atoms with Gasteiger partial charge in [0.15, 0.2) is 0 Å². The number of nitrogens with two attached hydrogens (primary N) is 1. The molecule has 0 aliphatic heterocycles. The number of carbonyl (C=O) groups is 1. The Morgan fingerprint density at radius 2 is 2.33 bits per heavy atom. The summed E-state index contributed by atoms with van der Waals surface area (Å²) in [6.07, 6.45) is 3.22. The van der Waals surface area contributed by atoms with Crippen LogP contribution in [0.5, 0.6) is 5.75 Å². The molecule has 0 bridgehead atoms. The second-order valence-electron chi connectivity index (χ2n) is 4.31. The number of nitrogens with zero attached hydrogens (tertiary/aromatic N) is 2. The molecule has 3 N–H and O–H groups in total. The van der Waals surface area contributed by atoms with E-state index in [1.54, 1.807) is 35.3 Å². The number of hydrogen-bond donors (Lipinski definition) is 2. The fraction of sp³-hybridized carbons (Fsp3) is 0.286. The molecule has 7 heteroatoms. The van der Waals surface area contributed by atoms with E-state index in [1.807, 2.05) is 6.92 Å². The minimum atomic E-state index is -0.325. The molecular weight excluding hydrogens is 292 g/mol. The molecule has 112 valence electrons. The highest BCUT2D eigenvalue weighted by atomic mass is 35.5. The predicted molar refractivity (Wildman–Crippen MR) is 81.9 cm³/mol. The number of anilines is 1. The molecule has 1 aromatic carbocycles. The zero-order valence-corrected chi connectivity index (χ0v) is 12.4. The molecule has 0 radical (unpaired) electrons. The Balaban J connectivity index is 2.16. The van der Waals surface area contributed by atoms with Crippen molar-refractivity contribution in [2.24, 2.45) is 5.73 Å². The van der Waals surface area contributed by atoms with Gasteiger partial charge >= 0.3 is 0 Å². The van der Waals surface area contributed by atoms with E-state index in [1.165, 1.54) is 0 Å². The third-order valence-electron chi connectivity index (χ3n) is 2.74. The number of aromatic nitrogens is 2. The smallest absolute Gasteiger partial charge is 0.275 e. The Bertz CT molecular complexity index is 627. The molecule has 0 aliphatic carbocycles. The summed E-state index contributed by atoms with van der Waals surface area (Å²) in [5.41, 5.74) is 6.29. The van der Waals surface area contributed by atoms with E-state index in [9.17, 15) is 4.79 Å². The molecule has 0 fully saturated rings. The summed E-state index contributed by atoms with van der Waals surface area (Å²) in [7, 11) is 0. The number of carbonyl (C=O) groups excluding carboxylic acids is 1. The van der Waals surface area contributed by atoms with E-state index in [0.29, 0.717) is 41.8 Å². The molecule has 6 nitrogen and oxygen atoms in total. The Morgan fingerprint density at radius 3 is 3.05 bits per heavy atom. The van der Waals surface area contributed by atoms with E-state index in [4.69, 9.17) is 22.1 Å². The molecule has 1 amide bonds. The number of amides is 1. The molecule has 1 aromatic heterocycles. The molecule has 0 unspecified atom stereocenters. The predicted octanol–water partition coefficient (Wildman–Crippen LogP) is 2.15. The maximum absolute atomic E-state index is 12.2. The molecule has 0 atom stereocenters. The molecule has 0 aliphatic rings. The Labute approximate surface area is 127 Å². The van der Waals surface area contributed by atoms with Gasteiger partial charge < -0.3 is 20.4 Å². The first-order valence-electron chi connectivity index (χ1n) is 6.59. The van der Waals surface area contributed by atoms with Gasteiger partial charge in [-0.05, 0) is 25.1 Å². The SMILES string of the molecule is CCOc1ccc(Cl)cc1NC(=O)c1cn(CCN)cn1. The molecule has 0 saturated carbocycles. The van der Waals surface area contributed by atoms with Gasteiger partial charge in [-0.25, -0.2) is 4.98 Å². The average Bonchev–Trinajstić information content (AvgIpc) is 2.91. The van der Waals surface area contributed by atoms with Gasteiger partial charge in [-0.15, -0.1) is 0 Å². The van der Waals surface area contributed by atoms with Crippen molar-refractivity contribution in [3.8, 4) is 5.75 Å². The number of benzene rings is 1. The van der Waals surface area contributed by atoms with Crippen LogP contribution >= 0.6 is 11.6 Å². The first kappa shape index (κ1) is 15.3. The van der Waals surface area contributed by atoms with Crippen LogP contribution in [0.2, 0.25) is 5.02 Å². The van der Waals surface area contributed by atoms with Crippen molar-refractivity contribution in [3.63, 3.8) is 0 Å². The van der Waals surface area contributed by atoms with Crippen LogP contribution in [0.3, 0.4) is 0 Å². The molecule has 2 aromatic rings. The van der Waals surface area contributed by atoms with Crippen LogP contribution < -0.4 is 15.8 Å². The summed E-state index contributed by atoms with van der Waals surface area (Å²) in [4.78, 5) is 16.2. The van der Waals surface area contributed by atoms with Crippen molar-refractivity contribution in [1.82, 2.24) is 9.55 Å². The summed E-state index contributed by atoms with van der Waals surface area (Å²) in [6, 6.07) is 5.06. The number of nitrogens with one attached hydrogen (secondary N) is 1. The summed E-state index contributed by atoms with van der Waals surface area (Å²) in [5, 5.41) is 3.27. The van der Waals surface area contributed by atoms with Gasteiger partial charge in [0, 0.05) is 24.3 Å². The number of ether oxygens (including phenoxy) is 1. The molecular formula is C14H17ClN4O2. The summed E-state index contributed by atoms with van der Waals surface area (Å²) < 4.78 is 7.22. The topological polar surface area (TPSA) is 82.2 Å². The highest BCUT2D eigenvalue weighted by Crippen LogP contribution is 2.28. The van der Waals surface area contributed by atoms with Crippen LogP contribution in [0.4, 0.5) is 5.69 Å². The Morgan fingerprint density at radius 1 is 1.52 bits per heavy atom. The quantitative estimate of drug-likeness (QED) is 0.856. The molecule has 2 rings (SSSR count). The van der Waals surface area contributed by atoms with Gasteiger partial charge in [-0.3, -0.25) is 4.79 Å². The molecule has 0 spiro atoms. The van der Waals surface area contributed by atoms with Gasteiger partial charge in [-0.1, -0.05) is 11.6 Å². The minimum Gasteiger partial charge on any atom is -0.492 e. The molecule has 21 heavy (non-hydrogen) atoms. The van der Waals surface area contributed by atoms with Crippen molar-refractivity contribution in [1.29, 1.82) is 0 Å². The van der Waals surface area contributed by atoms with Gasteiger partial charge in [0.1, 0.15) is 11.4 Å². The third kappa shape index (κ3) is 3.96. The van der Waals surface area contributed by atoms with E-state index in [2.05, 4.69) is 10.3 Å². The van der Waals surface area contributed by atoms with Crippen molar-refractivity contribution in [2.75, 3.05) is 18.5 Å². The van der Waals surface area contributed by atoms with Crippen molar-refractivity contribution < 1.29 is 9.53 Å². The van der Waals surface area contributed by atoms with Crippen LogP contribution in [0, 0.1) is 0 Å². The van der Waals surface area contributed by atoms with Crippen molar-refractivity contribution in [3.05, 3.63) is 41.4 Å². The lowest BCUT2D eigenvalue weighted by atomic mass is 10.2. The summed E-state index contributed by atoms with van der Waals surface area (Å²) >= 11 is 5.95. The fourth-order valence-electron chi connectivity index (χ4n) is 1.82. The van der Waals surface area contributed by atoms with Crippen molar-refractivity contribution in [2.45, 2.75) is 13.5 Å². The number of halogens is 1. The second kappa shape index (κ2) is 7.10. The zero-order chi connectivity index (χ0) is 15.2. The van der Waals surface area contributed by atoms with Crippen molar-refractivity contribution >= 4 is 23.2 Å². The first-order chi connectivity index (χ1) is 10.1. The lowest BCUT2D eigenvalue weighted by molar-refractivity contribution is 0.102. The van der Waals surface area contributed by atoms with Gasteiger partial charge in [-0.2, -0.15) is 0 Å². The minimum absolute atomic E-state index is 0.311. The second-order valence-corrected chi connectivity index (χ2v) is 4.75. The van der Waals surface area contributed by atoms with Crippen LogP contribution in [0.15, 0.2) is 30.7 Å². The van der Waals surface area contributed by atoms with Crippen LogP contribution in [-0.2, 0) is 6.54 Å². The fourth-order valence-corrected chi connectivity index (χ4v) is 1.99. The lowest BCUT2D eigenvalue weighted by Gasteiger charge is -2.11. The number of imidazole rings is 1. The first-order valence-corrected chi connectivity index (χ1v) is 6.97. The van der Waals surface area contributed by atoms with Gasteiger partial charge in [0.05, 0.1) is 18.6 Å². The third-order valence-corrected chi connectivity index (χ3v) is 2.98. The monoisotopic (exact) mass is 308 g/mol.